The summed E-state index contributed by atoms with van der Waals surface area (Å²) >= 11 is 3.58. The minimum Gasteiger partial charge on any atom is -0.395 e. The number of alkyl halides is 1. The van der Waals surface area contributed by atoms with Crippen molar-refractivity contribution in [3.8, 4) is 0 Å². The molecule has 0 aliphatic carbocycles. The highest BCUT2D eigenvalue weighted by molar-refractivity contribution is 9.09. The second-order valence-corrected chi connectivity index (χ2v) is 4.93. The standard InChI is InChI=1S/C11H22BrNO/c1-2-4-10(7-12)8-13-6-3-5-11(13)9-14/h10-11,14H,2-9H2,1H3. The van der Waals surface area contributed by atoms with Gasteiger partial charge in [0.05, 0.1) is 6.61 Å². The Kier molecular flexibility index (Phi) is 6.06. The van der Waals surface area contributed by atoms with E-state index >= 15 is 0 Å². The monoisotopic (exact) mass is 263 g/mol. The molecule has 1 N–H and O–H groups in total. The van der Waals surface area contributed by atoms with Crippen LogP contribution in [0, 0.1) is 5.92 Å². The molecule has 0 spiro atoms. The Morgan fingerprint density at radius 2 is 2.36 bits per heavy atom. The predicted molar refractivity (Wildman–Crippen MR) is 63.9 cm³/mol. The molecule has 0 bridgehead atoms. The number of halogens is 1. The molecule has 1 fully saturated rings. The Morgan fingerprint density at radius 1 is 1.57 bits per heavy atom. The van der Waals surface area contributed by atoms with Gasteiger partial charge in [-0.2, -0.15) is 0 Å². The summed E-state index contributed by atoms with van der Waals surface area (Å²) in [5, 5.41) is 10.3. The molecule has 0 saturated carbocycles. The lowest BCUT2D eigenvalue weighted by Gasteiger charge is -2.26. The van der Waals surface area contributed by atoms with Gasteiger partial charge in [0.15, 0.2) is 0 Å². The fourth-order valence-electron chi connectivity index (χ4n) is 2.30. The summed E-state index contributed by atoms with van der Waals surface area (Å²) in [6.45, 7) is 4.91. The van der Waals surface area contributed by atoms with Crippen molar-refractivity contribution < 1.29 is 5.11 Å². The summed E-state index contributed by atoms with van der Waals surface area (Å²) in [4.78, 5) is 2.46. The van der Waals surface area contributed by atoms with Crippen molar-refractivity contribution in [2.24, 2.45) is 5.92 Å². The summed E-state index contributed by atoms with van der Waals surface area (Å²) < 4.78 is 0. The Bertz CT molecular complexity index is 154. The van der Waals surface area contributed by atoms with Crippen LogP contribution in [-0.4, -0.2) is 41.1 Å². The van der Waals surface area contributed by atoms with E-state index in [2.05, 4.69) is 27.8 Å². The number of nitrogens with zero attached hydrogens (tertiary/aromatic N) is 1. The number of hydrogen-bond acceptors (Lipinski definition) is 2. The average Bonchev–Trinajstić information content (AvgIpc) is 2.64. The molecule has 3 heteroatoms. The number of likely N-dealkylation sites (tertiary alicyclic amines) is 1. The third kappa shape index (κ3) is 3.52. The van der Waals surface area contributed by atoms with Gasteiger partial charge in [-0.1, -0.05) is 29.3 Å². The van der Waals surface area contributed by atoms with Crippen molar-refractivity contribution in [1.29, 1.82) is 0 Å². The van der Waals surface area contributed by atoms with E-state index < -0.39 is 0 Å². The minimum absolute atomic E-state index is 0.334. The molecular formula is C11H22BrNO. The van der Waals surface area contributed by atoms with Crippen LogP contribution in [-0.2, 0) is 0 Å². The molecule has 2 unspecified atom stereocenters. The fourth-order valence-corrected chi connectivity index (χ4v) is 2.83. The van der Waals surface area contributed by atoms with Crippen LogP contribution in [0.5, 0.6) is 0 Å². The first-order valence-electron chi connectivity index (χ1n) is 5.72. The Morgan fingerprint density at radius 3 is 2.93 bits per heavy atom. The van der Waals surface area contributed by atoms with Crippen molar-refractivity contribution in [3.05, 3.63) is 0 Å². The molecule has 1 saturated heterocycles. The van der Waals surface area contributed by atoms with Crippen molar-refractivity contribution >= 4 is 15.9 Å². The maximum absolute atomic E-state index is 9.20. The van der Waals surface area contributed by atoms with Gasteiger partial charge in [0.1, 0.15) is 0 Å². The van der Waals surface area contributed by atoms with Crippen molar-refractivity contribution in [2.75, 3.05) is 25.0 Å². The number of aliphatic hydroxyl groups excluding tert-OH is 1. The van der Waals surface area contributed by atoms with E-state index in [1.165, 1.54) is 32.2 Å². The minimum atomic E-state index is 0.334. The average molecular weight is 264 g/mol. The van der Waals surface area contributed by atoms with E-state index in [4.69, 9.17) is 0 Å². The van der Waals surface area contributed by atoms with Crippen molar-refractivity contribution in [3.63, 3.8) is 0 Å². The van der Waals surface area contributed by atoms with Crippen LogP contribution in [0.4, 0.5) is 0 Å². The van der Waals surface area contributed by atoms with E-state index in [1.54, 1.807) is 0 Å². The van der Waals surface area contributed by atoms with E-state index in [1.807, 2.05) is 0 Å². The van der Waals surface area contributed by atoms with Gasteiger partial charge in [-0.3, -0.25) is 4.90 Å². The van der Waals surface area contributed by atoms with Gasteiger partial charge in [0.25, 0.3) is 0 Å². The van der Waals surface area contributed by atoms with Crippen LogP contribution in [0.2, 0.25) is 0 Å². The SMILES string of the molecule is CCCC(CBr)CN1CCCC1CO. The van der Waals surface area contributed by atoms with E-state index in [0.717, 1.165) is 17.8 Å². The predicted octanol–water partition coefficient (Wildman–Crippen LogP) is 2.25. The third-order valence-corrected chi connectivity index (χ3v) is 4.03. The molecule has 2 nitrogen and oxygen atoms in total. The van der Waals surface area contributed by atoms with Crippen molar-refractivity contribution in [2.45, 2.75) is 38.6 Å². The van der Waals surface area contributed by atoms with E-state index in [0.29, 0.717) is 12.6 Å². The zero-order chi connectivity index (χ0) is 10.4. The van der Waals surface area contributed by atoms with Gasteiger partial charge < -0.3 is 5.11 Å². The van der Waals surface area contributed by atoms with Gasteiger partial charge in [-0.05, 0) is 31.7 Å². The molecule has 1 aliphatic heterocycles. The topological polar surface area (TPSA) is 23.5 Å². The Hall–Kier alpha value is 0.400. The highest BCUT2D eigenvalue weighted by Gasteiger charge is 2.25. The molecule has 0 amide bonds. The number of rotatable bonds is 6. The smallest absolute Gasteiger partial charge is 0.0586 e. The van der Waals surface area contributed by atoms with E-state index in [-0.39, 0.29) is 0 Å². The highest BCUT2D eigenvalue weighted by Crippen LogP contribution is 2.20. The first-order valence-corrected chi connectivity index (χ1v) is 6.84. The molecular weight excluding hydrogens is 242 g/mol. The lowest BCUT2D eigenvalue weighted by atomic mass is 10.1. The van der Waals surface area contributed by atoms with Crippen LogP contribution < -0.4 is 0 Å². The molecule has 1 rings (SSSR count). The normalized spacial score (nSPS) is 25.5. The number of hydrogen-bond donors (Lipinski definition) is 1. The van der Waals surface area contributed by atoms with Gasteiger partial charge in [-0.15, -0.1) is 0 Å². The van der Waals surface area contributed by atoms with Crippen LogP contribution in [0.15, 0.2) is 0 Å². The van der Waals surface area contributed by atoms with Gasteiger partial charge in [0, 0.05) is 17.9 Å². The zero-order valence-corrected chi connectivity index (χ0v) is 10.7. The van der Waals surface area contributed by atoms with Crippen LogP contribution in [0.1, 0.15) is 32.6 Å². The van der Waals surface area contributed by atoms with Crippen LogP contribution >= 0.6 is 15.9 Å². The zero-order valence-electron chi connectivity index (χ0n) is 9.08. The summed E-state index contributed by atoms with van der Waals surface area (Å²) in [6, 6.07) is 0.438. The maximum atomic E-state index is 9.20. The first kappa shape index (κ1) is 12.5. The van der Waals surface area contributed by atoms with Crippen LogP contribution in [0.25, 0.3) is 0 Å². The summed E-state index contributed by atoms with van der Waals surface area (Å²) in [6.07, 6.45) is 4.98. The molecule has 14 heavy (non-hydrogen) atoms. The van der Waals surface area contributed by atoms with Crippen molar-refractivity contribution in [1.82, 2.24) is 4.90 Å². The highest BCUT2D eigenvalue weighted by atomic mass is 79.9. The largest absolute Gasteiger partial charge is 0.395 e. The van der Waals surface area contributed by atoms with E-state index in [9.17, 15) is 5.11 Å². The molecule has 1 aliphatic rings. The van der Waals surface area contributed by atoms with Gasteiger partial charge >= 0.3 is 0 Å². The molecule has 0 aromatic heterocycles. The number of aliphatic hydroxyl groups is 1. The van der Waals surface area contributed by atoms with Crippen LogP contribution in [0.3, 0.4) is 0 Å². The van der Waals surface area contributed by atoms with Gasteiger partial charge in [-0.25, -0.2) is 0 Å². The van der Waals surface area contributed by atoms with Gasteiger partial charge in [0.2, 0.25) is 0 Å². The quantitative estimate of drug-likeness (QED) is 0.744. The molecule has 0 aromatic rings. The lowest BCUT2D eigenvalue weighted by molar-refractivity contribution is 0.144. The molecule has 0 aromatic carbocycles. The molecule has 84 valence electrons. The summed E-state index contributed by atoms with van der Waals surface area (Å²) in [5.74, 6) is 0.757. The maximum Gasteiger partial charge on any atom is 0.0586 e. The molecule has 1 heterocycles. The molecule has 2 atom stereocenters. The Balaban J connectivity index is 2.32. The Labute approximate surface area is 95.8 Å². The second-order valence-electron chi connectivity index (χ2n) is 4.28. The third-order valence-electron chi connectivity index (χ3n) is 3.12. The fraction of sp³-hybridized carbons (Fsp3) is 1.00. The summed E-state index contributed by atoms with van der Waals surface area (Å²) in [5.41, 5.74) is 0. The molecule has 0 radical (unpaired) electrons. The first-order chi connectivity index (χ1) is 6.81. The second kappa shape index (κ2) is 6.81. The summed E-state index contributed by atoms with van der Waals surface area (Å²) in [7, 11) is 0. The lowest BCUT2D eigenvalue weighted by Crippen LogP contribution is -2.36.